The largest absolute Gasteiger partial charge is 0.497 e. The van der Waals surface area contributed by atoms with Crippen molar-refractivity contribution in [3.63, 3.8) is 0 Å². The van der Waals surface area contributed by atoms with Gasteiger partial charge in [-0.1, -0.05) is 25.1 Å². The zero-order valence-electron chi connectivity index (χ0n) is 18.3. The van der Waals surface area contributed by atoms with E-state index in [2.05, 4.69) is 11.8 Å². The van der Waals surface area contributed by atoms with Crippen molar-refractivity contribution < 1.29 is 14.3 Å². The molecule has 2 aromatic rings. The third-order valence-electron chi connectivity index (χ3n) is 5.72. The lowest BCUT2D eigenvalue weighted by molar-refractivity contribution is 0.0611. The fraction of sp³-hybridized carbons (Fsp3) is 0.480. The number of benzene rings is 2. The van der Waals surface area contributed by atoms with Gasteiger partial charge in [-0.25, -0.2) is 0 Å². The van der Waals surface area contributed by atoms with Gasteiger partial charge in [0.05, 0.1) is 13.7 Å². The molecule has 1 aliphatic rings. The summed E-state index contributed by atoms with van der Waals surface area (Å²) in [6.07, 6.45) is 4.22. The van der Waals surface area contributed by atoms with Gasteiger partial charge in [0.2, 0.25) is 0 Å². The lowest BCUT2D eigenvalue weighted by atomic mass is 10.0. The minimum atomic E-state index is 0.156. The number of hydrogen-bond donors (Lipinski definition) is 0. The standard InChI is InChI=1S/C25H34N2O3/c1-3-16-26(17-7-20-30-24-12-10-23(29-2)11-13-24)22-14-18-27(19-15-22)25(28)21-8-5-4-6-9-21/h4-6,8-13,22H,3,7,14-20H2,1-2H3. The molecule has 1 aliphatic heterocycles. The van der Waals surface area contributed by atoms with Crippen LogP contribution >= 0.6 is 0 Å². The Kier molecular flexibility index (Phi) is 8.57. The number of nitrogens with zero attached hydrogens (tertiary/aromatic N) is 2. The number of methoxy groups -OCH3 is 1. The normalized spacial score (nSPS) is 14.7. The van der Waals surface area contributed by atoms with Crippen molar-refractivity contribution in [2.75, 3.05) is 39.9 Å². The lowest BCUT2D eigenvalue weighted by Gasteiger charge is -2.38. The Morgan fingerprint density at radius 2 is 1.67 bits per heavy atom. The molecule has 2 aromatic carbocycles. The fourth-order valence-electron chi connectivity index (χ4n) is 4.09. The molecule has 5 nitrogen and oxygen atoms in total. The van der Waals surface area contributed by atoms with Crippen LogP contribution in [0.2, 0.25) is 0 Å². The number of piperidine rings is 1. The third kappa shape index (κ3) is 6.23. The van der Waals surface area contributed by atoms with Crippen molar-refractivity contribution in [1.29, 1.82) is 0 Å². The van der Waals surface area contributed by atoms with Crippen LogP contribution in [-0.2, 0) is 0 Å². The zero-order chi connectivity index (χ0) is 21.2. The van der Waals surface area contributed by atoms with E-state index in [1.807, 2.05) is 59.5 Å². The van der Waals surface area contributed by atoms with E-state index in [9.17, 15) is 4.79 Å². The molecule has 0 aromatic heterocycles. The highest BCUT2D eigenvalue weighted by molar-refractivity contribution is 5.94. The van der Waals surface area contributed by atoms with Crippen LogP contribution in [-0.4, -0.2) is 61.6 Å². The quantitative estimate of drug-likeness (QED) is 0.542. The van der Waals surface area contributed by atoms with Crippen molar-refractivity contribution in [3.8, 4) is 11.5 Å². The first-order valence-corrected chi connectivity index (χ1v) is 11.1. The summed E-state index contributed by atoms with van der Waals surface area (Å²) in [5.74, 6) is 1.88. The predicted octanol–water partition coefficient (Wildman–Crippen LogP) is 4.48. The van der Waals surface area contributed by atoms with Gasteiger partial charge in [0.15, 0.2) is 0 Å². The minimum absolute atomic E-state index is 0.156. The molecule has 30 heavy (non-hydrogen) atoms. The van der Waals surface area contributed by atoms with Gasteiger partial charge in [-0.2, -0.15) is 0 Å². The van der Waals surface area contributed by atoms with Crippen LogP contribution in [0.5, 0.6) is 11.5 Å². The van der Waals surface area contributed by atoms with Gasteiger partial charge >= 0.3 is 0 Å². The van der Waals surface area contributed by atoms with Crippen LogP contribution in [0, 0.1) is 0 Å². The van der Waals surface area contributed by atoms with E-state index in [1.165, 1.54) is 0 Å². The van der Waals surface area contributed by atoms with Crippen molar-refractivity contribution in [1.82, 2.24) is 9.80 Å². The molecule has 0 unspecified atom stereocenters. The molecule has 0 atom stereocenters. The van der Waals surface area contributed by atoms with E-state index in [4.69, 9.17) is 9.47 Å². The second-order valence-corrected chi connectivity index (χ2v) is 7.80. The first-order valence-electron chi connectivity index (χ1n) is 11.1. The Balaban J connectivity index is 1.43. The van der Waals surface area contributed by atoms with Crippen LogP contribution in [0.3, 0.4) is 0 Å². The number of carbonyl (C=O) groups excluding carboxylic acids is 1. The van der Waals surface area contributed by atoms with Crippen LogP contribution in [0.25, 0.3) is 0 Å². The second kappa shape index (κ2) is 11.6. The number of hydrogen-bond acceptors (Lipinski definition) is 4. The molecule has 162 valence electrons. The van der Waals surface area contributed by atoms with Gasteiger partial charge in [-0.15, -0.1) is 0 Å². The summed E-state index contributed by atoms with van der Waals surface area (Å²) >= 11 is 0. The maximum absolute atomic E-state index is 12.7. The Morgan fingerprint density at radius 3 is 2.30 bits per heavy atom. The second-order valence-electron chi connectivity index (χ2n) is 7.80. The number of ether oxygens (including phenoxy) is 2. The van der Waals surface area contributed by atoms with Crippen molar-refractivity contribution in [2.24, 2.45) is 0 Å². The molecule has 0 radical (unpaired) electrons. The van der Waals surface area contributed by atoms with Gasteiger partial charge < -0.3 is 19.3 Å². The van der Waals surface area contributed by atoms with Crippen LogP contribution in [0.1, 0.15) is 43.0 Å². The number of likely N-dealkylation sites (tertiary alicyclic amines) is 1. The monoisotopic (exact) mass is 410 g/mol. The maximum atomic E-state index is 12.7. The fourth-order valence-corrected chi connectivity index (χ4v) is 4.09. The molecule has 1 saturated heterocycles. The summed E-state index contributed by atoms with van der Waals surface area (Å²) in [6.45, 7) is 6.73. The zero-order valence-corrected chi connectivity index (χ0v) is 18.3. The average molecular weight is 411 g/mol. The first kappa shape index (κ1) is 22.2. The lowest BCUT2D eigenvalue weighted by Crippen LogP contribution is -2.47. The highest BCUT2D eigenvalue weighted by atomic mass is 16.5. The molecule has 5 heteroatoms. The molecule has 1 heterocycles. The minimum Gasteiger partial charge on any atom is -0.497 e. The van der Waals surface area contributed by atoms with E-state index in [0.29, 0.717) is 12.6 Å². The van der Waals surface area contributed by atoms with Gasteiger partial charge in [-0.3, -0.25) is 4.79 Å². The van der Waals surface area contributed by atoms with Gasteiger partial charge in [-0.05, 0) is 68.6 Å². The van der Waals surface area contributed by atoms with Crippen molar-refractivity contribution in [2.45, 2.75) is 38.6 Å². The van der Waals surface area contributed by atoms with Gasteiger partial charge in [0, 0.05) is 31.2 Å². The predicted molar refractivity (Wildman–Crippen MR) is 120 cm³/mol. The number of amides is 1. The Morgan fingerprint density at radius 1 is 1.00 bits per heavy atom. The maximum Gasteiger partial charge on any atom is 0.253 e. The van der Waals surface area contributed by atoms with E-state index >= 15 is 0 Å². The SMILES string of the molecule is CCCN(CCCOc1ccc(OC)cc1)C1CCN(C(=O)c2ccccc2)CC1. The molecule has 0 bridgehead atoms. The molecule has 1 amide bonds. The average Bonchev–Trinajstić information content (AvgIpc) is 2.81. The van der Waals surface area contributed by atoms with Crippen LogP contribution in [0.15, 0.2) is 54.6 Å². The number of rotatable bonds is 10. The van der Waals surface area contributed by atoms with E-state index in [-0.39, 0.29) is 5.91 Å². The molecular formula is C25H34N2O3. The summed E-state index contributed by atoms with van der Waals surface area (Å²) in [4.78, 5) is 17.3. The van der Waals surface area contributed by atoms with Crippen molar-refractivity contribution in [3.05, 3.63) is 60.2 Å². The van der Waals surface area contributed by atoms with Crippen molar-refractivity contribution >= 4 is 5.91 Å². The summed E-state index contributed by atoms with van der Waals surface area (Å²) in [5, 5.41) is 0. The molecule has 1 fully saturated rings. The summed E-state index contributed by atoms with van der Waals surface area (Å²) in [6, 6.07) is 17.9. The van der Waals surface area contributed by atoms with E-state index in [1.54, 1.807) is 7.11 Å². The van der Waals surface area contributed by atoms with E-state index < -0.39 is 0 Å². The Hall–Kier alpha value is -2.53. The molecule has 0 saturated carbocycles. The van der Waals surface area contributed by atoms with Crippen LogP contribution < -0.4 is 9.47 Å². The summed E-state index contributed by atoms with van der Waals surface area (Å²) < 4.78 is 11.1. The molecular weight excluding hydrogens is 376 g/mol. The highest BCUT2D eigenvalue weighted by Crippen LogP contribution is 2.20. The van der Waals surface area contributed by atoms with E-state index in [0.717, 1.165) is 68.9 Å². The third-order valence-corrected chi connectivity index (χ3v) is 5.72. The molecule has 0 aliphatic carbocycles. The Bertz CT molecular complexity index is 756. The highest BCUT2D eigenvalue weighted by Gasteiger charge is 2.26. The van der Waals surface area contributed by atoms with Gasteiger partial charge in [0.25, 0.3) is 5.91 Å². The summed E-state index contributed by atoms with van der Waals surface area (Å²) in [5.41, 5.74) is 0.789. The summed E-state index contributed by atoms with van der Waals surface area (Å²) in [7, 11) is 1.67. The smallest absolute Gasteiger partial charge is 0.253 e. The topological polar surface area (TPSA) is 42.0 Å². The number of carbonyl (C=O) groups is 1. The first-order chi connectivity index (χ1) is 14.7. The van der Waals surface area contributed by atoms with Crippen LogP contribution in [0.4, 0.5) is 0 Å². The molecule has 3 rings (SSSR count). The Labute approximate surface area is 180 Å². The molecule has 0 spiro atoms. The van der Waals surface area contributed by atoms with Gasteiger partial charge in [0.1, 0.15) is 11.5 Å². The molecule has 0 N–H and O–H groups in total.